The summed E-state index contributed by atoms with van der Waals surface area (Å²) in [4.78, 5) is 0. The van der Waals surface area contributed by atoms with Gasteiger partial charge < -0.3 is 14.8 Å². The normalized spacial score (nSPS) is 11.4. The van der Waals surface area contributed by atoms with Crippen molar-refractivity contribution in [3.05, 3.63) is 0 Å². The highest BCUT2D eigenvalue weighted by Gasteiger charge is 2.14. The Morgan fingerprint density at radius 3 is 2.44 bits per heavy atom. The fourth-order valence-electron chi connectivity index (χ4n) is 1.53. The lowest BCUT2D eigenvalue weighted by molar-refractivity contribution is 0.0688. The Balaban J connectivity index is 3.11. The van der Waals surface area contributed by atoms with Gasteiger partial charge >= 0.3 is 0 Å². The quantitative estimate of drug-likeness (QED) is 0.545. The lowest BCUT2D eigenvalue weighted by Gasteiger charge is -2.14. The van der Waals surface area contributed by atoms with E-state index >= 15 is 0 Å². The van der Waals surface area contributed by atoms with Gasteiger partial charge in [-0.25, -0.2) is 0 Å². The molecule has 0 fully saturated rings. The highest BCUT2D eigenvalue weighted by atomic mass is 16.5. The number of rotatable bonds is 12. The van der Waals surface area contributed by atoms with Crippen LogP contribution in [-0.2, 0) is 9.47 Å². The molecule has 0 atom stereocenters. The lowest BCUT2D eigenvalue weighted by Crippen LogP contribution is -2.19. The van der Waals surface area contributed by atoms with Crippen molar-refractivity contribution < 1.29 is 9.47 Å². The van der Waals surface area contributed by atoms with Crippen molar-refractivity contribution in [1.82, 2.24) is 5.32 Å². The standard InChI is InChI=1S/C14H28N2O2/c1-14(2,13-15)7-6-9-16-8-4-5-10-18-12-11-17-3/h16H,4-12H2,1-3H3. The van der Waals surface area contributed by atoms with Gasteiger partial charge in [0.2, 0.25) is 0 Å². The van der Waals surface area contributed by atoms with Crippen LogP contribution in [0.5, 0.6) is 0 Å². The maximum Gasteiger partial charge on any atom is 0.0700 e. The van der Waals surface area contributed by atoms with E-state index in [1.54, 1.807) is 7.11 Å². The summed E-state index contributed by atoms with van der Waals surface area (Å²) in [6.45, 7) is 8.18. The van der Waals surface area contributed by atoms with Gasteiger partial charge in [-0.2, -0.15) is 5.26 Å². The van der Waals surface area contributed by atoms with Crippen molar-refractivity contribution >= 4 is 0 Å². The predicted octanol–water partition coefficient (Wildman–Crippen LogP) is 2.35. The maximum atomic E-state index is 8.86. The van der Waals surface area contributed by atoms with Gasteiger partial charge in [-0.05, 0) is 52.6 Å². The van der Waals surface area contributed by atoms with Crippen molar-refractivity contribution in [2.45, 2.75) is 39.5 Å². The molecule has 0 spiro atoms. The molecule has 0 aliphatic heterocycles. The second kappa shape index (κ2) is 11.5. The Hall–Kier alpha value is -0.630. The van der Waals surface area contributed by atoms with E-state index in [-0.39, 0.29) is 5.41 Å². The van der Waals surface area contributed by atoms with Crippen LogP contribution in [0.1, 0.15) is 39.5 Å². The molecule has 18 heavy (non-hydrogen) atoms. The number of nitriles is 1. The highest BCUT2D eigenvalue weighted by Crippen LogP contribution is 2.19. The topological polar surface area (TPSA) is 54.3 Å². The first-order valence-corrected chi connectivity index (χ1v) is 6.81. The molecular formula is C14H28N2O2. The Kier molecular flexibility index (Phi) is 11.1. The van der Waals surface area contributed by atoms with Crippen LogP contribution in [0.25, 0.3) is 0 Å². The van der Waals surface area contributed by atoms with Gasteiger partial charge in [-0.1, -0.05) is 0 Å². The molecule has 106 valence electrons. The zero-order valence-corrected chi connectivity index (χ0v) is 12.1. The monoisotopic (exact) mass is 256 g/mol. The van der Waals surface area contributed by atoms with E-state index in [1.807, 2.05) is 13.8 Å². The lowest BCUT2D eigenvalue weighted by atomic mass is 9.90. The molecule has 0 radical (unpaired) electrons. The third-order valence-corrected chi connectivity index (χ3v) is 2.78. The number of ether oxygens (including phenoxy) is 2. The fourth-order valence-corrected chi connectivity index (χ4v) is 1.53. The minimum atomic E-state index is -0.184. The summed E-state index contributed by atoms with van der Waals surface area (Å²) < 4.78 is 10.3. The van der Waals surface area contributed by atoms with Crippen LogP contribution in [0.15, 0.2) is 0 Å². The van der Waals surface area contributed by atoms with Crippen molar-refractivity contribution in [3.63, 3.8) is 0 Å². The van der Waals surface area contributed by atoms with Gasteiger partial charge in [0, 0.05) is 13.7 Å². The van der Waals surface area contributed by atoms with Gasteiger partial charge in [0.15, 0.2) is 0 Å². The Morgan fingerprint density at radius 2 is 1.78 bits per heavy atom. The summed E-state index contributed by atoms with van der Waals surface area (Å²) >= 11 is 0. The molecule has 0 unspecified atom stereocenters. The van der Waals surface area contributed by atoms with Crippen molar-refractivity contribution in [2.24, 2.45) is 5.41 Å². The molecule has 0 aromatic carbocycles. The third-order valence-electron chi connectivity index (χ3n) is 2.78. The van der Waals surface area contributed by atoms with E-state index in [0.717, 1.165) is 45.4 Å². The van der Waals surface area contributed by atoms with E-state index in [1.165, 1.54) is 0 Å². The van der Waals surface area contributed by atoms with Crippen LogP contribution in [0.4, 0.5) is 0 Å². The number of hydrogen-bond acceptors (Lipinski definition) is 4. The van der Waals surface area contributed by atoms with Gasteiger partial charge in [0.1, 0.15) is 0 Å². The molecule has 0 aliphatic carbocycles. The van der Waals surface area contributed by atoms with E-state index in [9.17, 15) is 0 Å². The molecule has 4 heteroatoms. The summed E-state index contributed by atoms with van der Waals surface area (Å²) in [6.07, 6.45) is 4.23. The van der Waals surface area contributed by atoms with Crippen LogP contribution in [-0.4, -0.2) is 40.0 Å². The molecule has 0 rings (SSSR count). The zero-order valence-electron chi connectivity index (χ0n) is 12.1. The average molecular weight is 256 g/mol. The molecule has 0 heterocycles. The van der Waals surface area contributed by atoms with Gasteiger partial charge in [0.25, 0.3) is 0 Å². The Labute approximate surface area is 112 Å². The summed E-state index contributed by atoms with van der Waals surface area (Å²) in [5.74, 6) is 0. The minimum Gasteiger partial charge on any atom is -0.382 e. The second-order valence-electron chi connectivity index (χ2n) is 5.16. The molecule has 0 aliphatic rings. The first-order valence-electron chi connectivity index (χ1n) is 6.81. The van der Waals surface area contributed by atoms with E-state index in [0.29, 0.717) is 13.2 Å². The van der Waals surface area contributed by atoms with E-state index in [4.69, 9.17) is 14.7 Å². The first-order chi connectivity index (χ1) is 8.62. The molecule has 0 bridgehead atoms. The summed E-state index contributed by atoms with van der Waals surface area (Å²) in [6, 6.07) is 2.32. The predicted molar refractivity (Wildman–Crippen MR) is 73.4 cm³/mol. The molecule has 4 nitrogen and oxygen atoms in total. The summed E-state index contributed by atoms with van der Waals surface area (Å²) in [5.41, 5.74) is -0.184. The molecule has 0 saturated carbocycles. The number of nitrogens with zero attached hydrogens (tertiary/aromatic N) is 1. The van der Waals surface area contributed by atoms with Crippen LogP contribution >= 0.6 is 0 Å². The van der Waals surface area contributed by atoms with Crippen molar-refractivity contribution in [3.8, 4) is 6.07 Å². The van der Waals surface area contributed by atoms with Crippen molar-refractivity contribution in [2.75, 3.05) is 40.0 Å². The van der Waals surface area contributed by atoms with Crippen LogP contribution < -0.4 is 5.32 Å². The largest absolute Gasteiger partial charge is 0.382 e. The zero-order chi connectivity index (χ0) is 13.7. The maximum absolute atomic E-state index is 8.86. The third kappa shape index (κ3) is 11.8. The second-order valence-corrected chi connectivity index (χ2v) is 5.16. The van der Waals surface area contributed by atoms with Crippen LogP contribution in [0, 0.1) is 16.7 Å². The van der Waals surface area contributed by atoms with Gasteiger partial charge in [0.05, 0.1) is 24.7 Å². The molecule has 1 N–H and O–H groups in total. The van der Waals surface area contributed by atoms with Crippen LogP contribution in [0.2, 0.25) is 0 Å². The van der Waals surface area contributed by atoms with Crippen LogP contribution in [0.3, 0.4) is 0 Å². The summed E-state index contributed by atoms with van der Waals surface area (Å²) in [5, 5.41) is 12.3. The van der Waals surface area contributed by atoms with Crippen molar-refractivity contribution in [1.29, 1.82) is 5.26 Å². The molecular weight excluding hydrogens is 228 g/mol. The SMILES string of the molecule is COCCOCCCCNCCCC(C)(C)C#N. The number of unbranched alkanes of at least 4 members (excludes halogenated alkanes) is 1. The number of nitrogens with one attached hydrogen (secondary N) is 1. The first kappa shape index (κ1) is 17.4. The molecule has 0 aromatic heterocycles. The Morgan fingerprint density at radius 1 is 1.06 bits per heavy atom. The number of hydrogen-bond donors (Lipinski definition) is 1. The fraction of sp³-hybridized carbons (Fsp3) is 0.929. The number of methoxy groups -OCH3 is 1. The smallest absolute Gasteiger partial charge is 0.0700 e. The van der Waals surface area contributed by atoms with E-state index < -0.39 is 0 Å². The van der Waals surface area contributed by atoms with E-state index in [2.05, 4.69) is 11.4 Å². The van der Waals surface area contributed by atoms with Gasteiger partial charge in [-0.3, -0.25) is 0 Å². The molecule has 0 saturated heterocycles. The summed E-state index contributed by atoms with van der Waals surface area (Å²) in [7, 11) is 1.68. The Bertz CT molecular complexity index is 224. The minimum absolute atomic E-state index is 0.184. The average Bonchev–Trinajstić information content (AvgIpc) is 2.36. The molecule has 0 aromatic rings. The highest BCUT2D eigenvalue weighted by molar-refractivity contribution is 4.91. The van der Waals surface area contributed by atoms with Gasteiger partial charge in [-0.15, -0.1) is 0 Å². The molecule has 0 amide bonds.